The number of ether oxygens (including phenoxy) is 2. The number of nitrogens with one attached hydrogen (secondary N) is 2. The van der Waals surface area contributed by atoms with E-state index in [2.05, 4.69) is 27.2 Å². The number of anilines is 1. The Morgan fingerprint density at radius 3 is 2.71 bits per heavy atom. The van der Waals surface area contributed by atoms with Crippen LogP contribution in [0.5, 0.6) is 11.5 Å². The van der Waals surface area contributed by atoms with Gasteiger partial charge in [0.1, 0.15) is 17.8 Å². The van der Waals surface area contributed by atoms with Crippen molar-refractivity contribution in [1.82, 2.24) is 15.3 Å². The number of amides is 1. The fourth-order valence-corrected chi connectivity index (χ4v) is 2.02. The van der Waals surface area contributed by atoms with Crippen LogP contribution in [-0.4, -0.2) is 36.6 Å². The first-order valence-corrected chi connectivity index (χ1v) is 7.34. The van der Waals surface area contributed by atoms with Gasteiger partial charge in [-0.3, -0.25) is 4.79 Å². The highest BCUT2D eigenvalue weighted by Crippen LogP contribution is 2.27. The molecule has 2 N–H and O–H groups in total. The van der Waals surface area contributed by atoms with Gasteiger partial charge in [0.15, 0.2) is 11.5 Å². The Morgan fingerprint density at radius 2 is 2.00 bits per heavy atom. The summed E-state index contributed by atoms with van der Waals surface area (Å²) in [5.74, 6) is 1.61. The molecule has 2 aromatic rings. The number of carbonyl (C=O) groups excluding carboxylic acids is 1. The van der Waals surface area contributed by atoms with Crippen LogP contribution in [0.15, 0.2) is 43.2 Å². The Bertz CT molecular complexity index is 719. The third-order valence-corrected chi connectivity index (χ3v) is 3.23. The molecule has 0 saturated heterocycles. The predicted molar refractivity (Wildman–Crippen MR) is 91.4 cm³/mol. The molecule has 1 aromatic heterocycles. The van der Waals surface area contributed by atoms with Crippen LogP contribution in [0, 0.1) is 0 Å². The van der Waals surface area contributed by atoms with Crippen LogP contribution >= 0.6 is 0 Å². The van der Waals surface area contributed by atoms with Crippen molar-refractivity contribution in [1.29, 1.82) is 0 Å². The van der Waals surface area contributed by atoms with E-state index in [-0.39, 0.29) is 5.91 Å². The molecule has 0 aliphatic carbocycles. The Balaban J connectivity index is 2.04. The van der Waals surface area contributed by atoms with Gasteiger partial charge in [-0.05, 0) is 17.7 Å². The number of hydrogen-bond acceptors (Lipinski definition) is 6. The maximum atomic E-state index is 11.9. The summed E-state index contributed by atoms with van der Waals surface area (Å²) in [6.45, 7) is 4.46. The zero-order chi connectivity index (χ0) is 17.4. The number of carbonyl (C=O) groups is 1. The largest absolute Gasteiger partial charge is 0.493 e. The zero-order valence-corrected chi connectivity index (χ0v) is 13.7. The number of nitrogens with zero attached hydrogens (tertiary/aromatic N) is 2. The average Bonchev–Trinajstić information content (AvgIpc) is 2.64. The minimum Gasteiger partial charge on any atom is -0.493 e. The molecule has 0 spiro atoms. The summed E-state index contributed by atoms with van der Waals surface area (Å²) in [5.41, 5.74) is 1.28. The molecule has 1 amide bonds. The molecule has 0 unspecified atom stereocenters. The van der Waals surface area contributed by atoms with Crippen molar-refractivity contribution in [2.24, 2.45) is 0 Å². The van der Waals surface area contributed by atoms with Crippen molar-refractivity contribution in [3.8, 4) is 11.5 Å². The second kappa shape index (κ2) is 8.52. The van der Waals surface area contributed by atoms with Crippen molar-refractivity contribution in [2.45, 2.75) is 6.54 Å². The molecule has 0 fully saturated rings. The predicted octanol–water partition coefficient (Wildman–Crippen LogP) is 2.02. The number of rotatable bonds is 8. The molecule has 0 saturated carbocycles. The summed E-state index contributed by atoms with van der Waals surface area (Å²) in [4.78, 5) is 20.0. The highest BCUT2D eigenvalue weighted by Gasteiger charge is 2.08. The lowest BCUT2D eigenvalue weighted by Crippen LogP contribution is -2.24. The van der Waals surface area contributed by atoms with Gasteiger partial charge in [0, 0.05) is 19.2 Å². The monoisotopic (exact) mass is 328 g/mol. The molecule has 0 aliphatic heterocycles. The molecule has 2 rings (SSSR count). The molecule has 7 nitrogen and oxygen atoms in total. The summed E-state index contributed by atoms with van der Waals surface area (Å²) in [6.07, 6.45) is 2.95. The minimum atomic E-state index is -0.272. The van der Waals surface area contributed by atoms with E-state index >= 15 is 0 Å². The van der Waals surface area contributed by atoms with E-state index in [1.54, 1.807) is 26.4 Å². The molecule has 0 atom stereocenters. The summed E-state index contributed by atoms with van der Waals surface area (Å²) in [5, 5.41) is 5.83. The van der Waals surface area contributed by atoms with Gasteiger partial charge in [-0.15, -0.1) is 6.58 Å². The van der Waals surface area contributed by atoms with Crippen molar-refractivity contribution >= 4 is 11.7 Å². The van der Waals surface area contributed by atoms with Crippen LogP contribution in [0.3, 0.4) is 0 Å². The zero-order valence-electron chi connectivity index (χ0n) is 13.7. The molecule has 0 aliphatic rings. The lowest BCUT2D eigenvalue weighted by molar-refractivity contribution is 0.0953. The summed E-state index contributed by atoms with van der Waals surface area (Å²) in [6, 6.07) is 7.24. The Labute approximate surface area is 140 Å². The van der Waals surface area contributed by atoms with E-state index in [0.29, 0.717) is 36.1 Å². The molecular formula is C17H20N4O3. The van der Waals surface area contributed by atoms with Gasteiger partial charge < -0.3 is 20.1 Å². The van der Waals surface area contributed by atoms with Crippen LogP contribution in [-0.2, 0) is 6.54 Å². The van der Waals surface area contributed by atoms with Crippen LogP contribution < -0.4 is 20.1 Å². The van der Waals surface area contributed by atoms with Gasteiger partial charge in [0.05, 0.1) is 14.2 Å². The highest BCUT2D eigenvalue weighted by atomic mass is 16.5. The molecule has 1 heterocycles. The third-order valence-electron chi connectivity index (χ3n) is 3.23. The molecule has 0 radical (unpaired) electrons. The molecular weight excluding hydrogens is 308 g/mol. The highest BCUT2D eigenvalue weighted by molar-refractivity contribution is 5.92. The second-order valence-electron chi connectivity index (χ2n) is 4.83. The van der Waals surface area contributed by atoms with E-state index < -0.39 is 0 Å². The summed E-state index contributed by atoms with van der Waals surface area (Å²) in [7, 11) is 3.18. The first kappa shape index (κ1) is 17.3. The van der Waals surface area contributed by atoms with Gasteiger partial charge in [-0.1, -0.05) is 12.1 Å². The van der Waals surface area contributed by atoms with Gasteiger partial charge in [-0.2, -0.15) is 0 Å². The fraction of sp³-hybridized carbons (Fsp3) is 0.235. The van der Waals surface area contributed by atoms with Gasteiger partial charge in [0.25, 0.3) is 5.91 Å². The Hall–Kier alpha value is -3.09. The number of hydrogen-bond donors (Lipinski definition) is 2. The van der Waals surface area contributed by atoms with Crippen LogP contribution in [0.4, 0.5) is 5.82 Å². The fourth-order valence-electron chi connectivity index (χ4n) is 2.02. The van der Waals surface area contributed by atoms with Crippen molar-refractivity contribution in [3.63, 3.8) is 0 Å². The molecule has 0 bridgehead atoms. The van der Waals surface area contributed by atoms with E-state index in [9.17, 15) is 4.79 Å². The minimum absolute atomic E-state index is 0.272. The SMILES string of the molecule is C=CCNC(=O)c1cc(NCc2ccc(OC)c(OC)c2)ncn1. The topological polar surface area (TPSA) is 85.4 Å². The average molecular weight is 328 g/mol. The van der Waals surface area contributed by atoms with E-state index in [1.807, 2.05) is 18.2 Å². The van der Waals surface area contributed by atoms with Crippen LogP contribution in [0.25, 0.3) is 0 Å². The molecule has 24 heavy (non-hydrogen) atoms. The first-order chi connectivity index (χ1) is 11.7. The van der Waals surface area contributed by atoms with Gasteiger partial charge in [0.2, 0.25) is 0 Å². The van der Waals surface area contributed by atoms with Crippen LogP contribution in [0.1, 0.15) is 16.1 Å². The second-order valence-corrected chi connectivity index (χ2v) is 4.83. The maximum absolute atomic E-state index is 11.9. The normalized spacial score (nSPS) is 9.92. The van der Waals surface area contributed by atoms with Crippen molar-refractivity contribution in [2.75, 3.05) is 26.1 Å². The molecule has 126 valence electrons. The smallest absolute Gasteiger partial charge is 0.270 e. The number of benzene rings is 1. The lowest BCUT2D eigenvalue weighted by atomic mass is 10.2. The lowest BCUT2D eigenvalue weighted by Gasteiger charge is -2.11. The number of aromatic nitrogens is 2. The van der Waals surface area contributed by atoms with Gasteiger partial charge in [-0.25, -0.2) is 9.97 Å². The van der Waals surface area contributed by atoms with Gasteiger partial charge >= 0.3 is 0 Å². The maximum Gasteiger partial charge on any atom is 0.270 e. The molecule has 1 aromatic carbocycles. The summed E-state index contributed by atoms with van der Waals surface area (Å²) >= 11 is 0. The number of methoxy groups -OCH3 is 2. The standard InChI is InChI=1S/C17H20N4O3/c1-4-7-18-17(22)13-9-16(21-11-20-13)19-10-12-5-6-14(23-2)15(8-12)24-3/h4-6,8-9,11H,1,7,10H2,2-3H3,(H,18,22)(H,19,20,21). The van der Waals surface area contributed by atoms with Crippen LogP contribution in [0.2, 0.25) is 0 Å². The van der Waals surface area contributed by atoms with Crippen molar-refractivity contribution in [3.05, 3.63) is 54.5 Å². The van der Waals surface area contributed by atoms with E-state index in [0.717, 1.165) is 5.56 Å². The van der Waals surface area contributed by atoms with Crippen molar-refractivity contribution < 1.29 is 14.3 Å². The first-order valence-electron chi connectivity index (χ1n) is 7.34. The molecule has 7 heteroatoms. The van der Waals surface area contributed by atoms with E-state index in [1.165, 1.54) is 6.33 Å². The third kappa shape index (κ3) is 4.45. The van der Waals surface area contributed by atoms with E-state index in [4.69, 9.17) is 9.47 Å². The Kier molecular flexibility index (Phi) is 6.13. The quantitative estimate of drug-likeness (QED) is 0.721. The Morgan fingerprint density at radius 1 is 1.21 bits per heavy atom. The summed E-state index contributed by atoms with van der Waals surface area (Å²) < 4.78 is 10.5.